The van der Waals surface area contributed by atoms with Gasteiger partial charge in [0.15, 0.2) is 0 Å². The van der Waals surface area contributed by atoms with Crippen LogP contribution in [0.1, 0.15) is 17.2 Å². The summed E-state index contributed by atoms with van der Waals surface area (Å²) in [6.07, 6.45) is 0. The highest BCUT2D eigenvalue weighted by molar-refractivity contribution is 6.31. The molecule has 0 aromatic heterocycles. The van der Waals surface area contributed by atoms with Gasteiger partial charge >= 0.3 is 0 Å². The number of nitriles is 1. The highest BCUT2D eigenvalue weighted by atomic mass is 35.5. The zero-order valence-electron chi connectivity index (χ0n) is 10.7. The number of rotatable bonds is 2. The molecule has 2 aromatic rings. The Labute approximate surface area is 125 Å². The Kier molecular flexibility index (Phi) is 3.24. The van der Waals surface area contributed by atoms with Gasteiger partial charge in [0.2, 0.25) is 0 Å². The van der Waals surface area contributed by atoms with E-state index in [4.69, 9.17) is 16.9 Å². The molecule has 0 fully saturated rings. The number of carbonyl (C=O) groups is 1. The summed E-state index contributed by atoms with van der Waals surface area (Å²) in [5.74, 6) is -0.685. The van der Waals surface area contributed by atoms with Crippen molar-refractivity contribution < 1.29 is 9.18 Å². The Morgan fingerprint density at radius 1 is 1.29 bits per heavy atom. The SMILES string of the molecule is N#Cc1cc(NC2C(=O)Nc3ccc(F)cc32)ccc1Cl. The van der Waals surface area contributed by atoms with E-state index in [2.05, 4.69) is 10.6 Å². The van der Waals surface area contributed by atoms with Gasteiger partial charge in [0, 0.05) is 16.9 Å². The fraction of sp³-hybridized carbons (Fsp3) is 0.0667. The molecule has 4 nitrogen and oxygen atoms in total. The average Bonchev–Trinajstić information content (AvgIpc) is 2.77. The Balaban J connectivity index is 1.94. The van der Waals surface area contributed by atoms with Gasteiger partial charge in [-0.3, -0.25) is 4.79 Å². The van der Waals surface area contributed by atoms with E-state index in [1.54, 1.807) is 18.2 Å². The molecule has 1 aliphatic rings. The Morgan fingerprint density at radius 3 is 2.86 bits per heavy atom. The monoisotopic (exact) mass is 301 g/mol. The summed E-state index contributed by atoms with van der Waals surface area (Å²) in [6.45, 7) is 0. The van der Waals surface area contributed by atoms with Crippen LogP contribution in [0.15, 0.2) is 36.4 Å². The first-order chi connectivity index (χ1) is 10.1. The van der Waals surface area contributed by atoms with E-state index < -0.39 is 11.9 Å². The third-order valence-electron chi connectivity index (χ3n) is 3.24. The molecule has 1 amide bonds. The van der Waals surface area contributed by atoms with E-state index in [1.807, 2.05) is 6.07 Å². The van der Waals surface area contributed by atoms with Crippen LogP contribution in [-0.4, -0.2) is 5.91 Å². The predicted molar refractivity (Wildman–Crippen MR) is 77.6 cm³/mol. The maximum atomic E-state index is 13.3. The summed E-state index contributed by atoms with van der Waals surface area (Å²) < 4.78 is 13.3. The zero-order valence-corrected chi connectivity index (χ0v) is 11.4. The van der Waals surface area contributed by atoms with Gasteiger partial charge in [0.05, 0.1) is 10.6 Å². The summed E-state index contributed by atoms with van der Waals surface area (Å²) in [6, 6.07) is 10.2. The second-order valence-electron chi connectivity index (χ2n) is 4.60. The quantitative estimate of drug-likeness (QED) is 0.893. The van der Waals surface area contributed by atoms with Crippen molar-refractivity contribution in [3.8, 4) is 6.07 Å². The van der Waals surface area contributed by atoms with Crippen LogP contribution >= 0.6 is 11.6 Å². The van der Waals surface area contributed by atoms with Crippen molar-refractivity contribution in [1.82, 2.24) is 0 Å². The van der Waals surface area contributed by atoms with E-state index in [0.29, 0.717) is 27.5 Å². The van der Waals surface area contributed by atoms with Crippen molar-refractivity contribution in [3.05, 3.63) is 58.4 Å². The third-order valence-corrected chi connectivity index (χ3v) is 3.57. The van der Waals surface area contributed by atoms with Crippen molar-refractivity contribution in [1.29, 1.82) is 5.26 Å². The fourth-order valence-corrected chi connectivity index (χ4v) is 2.40. The maximum Gasteiger partial charge on any atom is 0.251 e. The maximum absolute atomic E-state index is 13.3. The number of hydrogen-bond acceptors (Lipinski definition) is 3. The minimum Gasteiger partial charge on any atom is -0.370 e. The van der Waals surface area contributed by atoms with Gasteiger partial charge in [-0.25, -0.2) is 4.39 Å². The second kappa shape index (κ2) is 5.08. The van der Waals surface area contributed by atoms with Gasteiger partial charge in [-0.2, -0.15) is 5.26 Å². The number of carbonyl (C=O) groups excluding carboxylic acids is 1. The summed E-state index contributed by atoms with van der Waals surface area (Å²) in [5.41, 5.74) is 1.98. The van der Waals surface area contributed by atoms with E-state index in [9.17, 15) is 9.18 Å². The highest BCUT2D eigenvalue weighted by Crippen LogP contribution is 2.34. The lowest BCUT2D eigenvalue weighted by atomic mass is 10.1. The van der Waals surface area contributed by atoms with Crippen LogP contribution in [-0.2, 0) is 4.79 Å². The molecule has 104 valence electrons. The van der Waals surface area contributed by atoms with E-state index in [1.165, 1.54) is 18.2 Å². The number of anilines is 2. The molecule has 21 heavy (non-hydrogen) atoms. The first kappa shape index (κ1) is 13.4. The van der Waals surface area contributed by atoms with Crippen molar-refractivity contribution in [2.24, 2.45) is 0 Å². The molecule has 0 saturated heterocycles. The molecular weight excluding hydrogens is 293 g/mol. The summed E-state index contributed by atoms with van der Waals surface area (Å²) in [7, 11) is 0. The molecule has 1 atom stereocenters. The lowest BCUT2D eigenvalue weighted by Gasteiger charge is -2.13. The van der Waals surface area contributed by atoms with Gasteiger partial charge in [0.1, 0.15) is 17.9 Å². The molecular formula is C15H9ClFN3O. The number of benzene rings is 2. The van der Waals surface area contributed by atoms with Crippen LogP contribution in [0.25, 0.3) is 0 Å². The van der Waals surface area contributed by atoms with Crippen molar-refractivity contribution in [2.75, 3.05) is 10.6 Å². The Hall–Kier alpha value is -2.58. The third kappa shape index (κ3) is 2.41. The zero-order chi connectivity index (χ0) is 15.0. The standard InChI is InChI=1S/C15H9ClFN3O/c16-12-3-2-10(5-8(12)7-18)19-14-11-6-9(17)1-4-13(11)20-15(14)21/h1-6,14,19H,(H,20,21). The average molecular weight is 302 g/mol. The van der Waals surface area contributed by atoms with E-state index >= 15 is 0 Å². The van der Waals surface area contributed by atoms with Crippen molar-refractivity contribution >= 4 is 28.9 Å². The molecule has 0 spiro atoms. The summed E-state index contributed by atoms with van der Waals surface area (Å²) >= 11 is 5.86. The van der Waals surface area contributed by atoms with Crippen LogP contribution in [0.3, 0.4) is 0 Å². The Bertz CT molecular complexity index is 785. The molecule has 1 unspecified atom stereocenters. The van der Waals surface area contributed by atoms with Crippen molar-refractivity contribution in [3.63, 3.8) is 0 Å². The molecule has 1 aliphatic heterocycles. The number of hydrogen-bond donors (Lipinski definition) is 2. The van der Waals surface area contributed by atoms with E-state index in [-0.39, 0.29) is 5.91 Å². The van der Waals surface area contributed by atoms with Gasteiger partial charge in [0.25, 0.3) is 5.91 Å². The summed E-state index contributed by atoms with van der Waals surface area (Å²) in [4.78, 5) is 12.0. The number of nitrogens with zero attached hydrogens (tertiary/aromatic N) is 1. The predicted octanol–water partition coefficient (Wildman–Crippen LogP) is 3.46. The van der Waals surface area contributed by atoms with Crippen LogP contribution < -0.4 is 10.6 Å². The molecule has 1 heterocycles. The minimum absolute atomic E-state index is 0.274. The van der Waals surface area contributed by atoms with Gasteiger partial charge in [-0.1, -0.05) is 11.6 Å². The normalized spacial score (nSPS) is 16.0. The van der Waals surface area contributed by atoms with Gasteiger partial charge in [-0.05, 0) is 36.4 Å². The number of amides is 1. The van der Waals surface area contributed by atoms with Crippen LogP contribution in [0.5, 0.6) is 0 Å². The first-order valence-corrected chi connectivity index (χ1v) is 6.53. The molecule has 0 bridgehead atoms. The summed E-state index contributed by atoms with van der Waals surface area (Å²) in [5, 5.41) is 15.0. The Morgan fingerprint density at radius 2 is 2.10 bits per heavy atom. The number of halogens is 2. The first-order valence-electron chi connectivity index (χ1n) is 6.15. The van der Waals surface area contributed by atoms with Crippen LogP contribution in [0, 0.1) is 17.1 Å². The van der Waals surface area contributed by atoms with E-state index in [0.717, 1.165) is 0 Å². The smallest absolute Gasteiger partial charge is 0.251 e. The molecule has 2 N–H and O–H groups in total. The largest absolute Gasteiger partial charge is 0.370 e. The van der Waals surface area contributed by atoms with Crippen molar-refractivity contribution in [2.45, 2.75) is 6.04 Å². The molecule has 6 heteroatoms. The van der Waals surface area contributed by atoms with Gasteiger partial charge < -0.3 is 10.6 Å². The number of nitrogens with one attached hydrogen (secondary N) is 2. The second-order valence-corrected chi connectivity index (χ2v) is 5.01. The lowest BCUT2D eigenvalue weighted by Crippen LogP contribution is -2.19. The molecule has 0 radical (unpaired) electrons. The van der Waals surface area contributed by atoms with Gasteiger partial charge in [-0.15, -0.1) is 0 Å². The number of fused-ring (bicyclic) bond motifs is 1. The minimum atomic E-state index is -0.705. The molecule has 2 aromatic carbocycles. The fourth-order valence-electron chi connectivity index (χ4n) is 2.24. The molecule has 0 aliphatic carbocycles. The topological polar surface area (TPSA) is 64.9 Å². The van der Waals surface area contributed by atoms with Crippen LogP contribution in [0.4, 0.5) is 15.8 Å². The molecule has 3 rings (SSSR count). The highest BCUT2D eigenvalue weighted by Gasteiger charge is 2.30. The van der Waals surface area contributed by atoms with Crippen LogP contribution in [0.2, 0.25) is 5.02 Å². The molecule has 0 saturated carbocycles. The lowest BCUT2D eigenvalue weighted by molar-refractivity contribution is -0.116.